The topological polar surface area (TPSA) is 75.4 Å². The molecule has 9 heteroatoms. The molecule has 0 bridgehead atoms. The molecule has 1 saturated carbocycles. The highest BCUT2D eigenvalue weighted by molar-refractivity contribution is 5.97. The molecular formula is C18H18F3N3O3. The van der Waals surface area contributed by atoms with Crippen LogP contribution in [0.4, 0.5) is 13.2 Å². The van der Waals surface area contributed by atoms with Crippen molar-refractivity contribution in [1.29, 1.82) is 0 Å². The van der Waals surface area contributed by atoms with E-state index in [9.17, 15) is 22.8 Å². The number of benzene rings is 1. The standard InChI is InChI=1S/C18H18F3N3O3/c1-2-23(10-15(25)26)17(27)14-9-22-24(16(14)11-6-7-11)13-5-3-4-12(8-13)18(19,20)21/h3-5,8-9,11H,2,6-7,10H2,1H3,(H,25,26). The van der Waals surface area contributed by atoms with Gasteiger partial charge in [0, 0.05) is 12.5 Å². The van der Waals surface area contributed by atoms with Crippen LogP contribution in [0.3, 0.4) is 0 Å². The molecule has 1 aliphatic carbocycles. The molecule has 0 radical (unpaired) electrons. The first-order chi connectivity index (χ1) is 12.7. The Bertz CT molecular complexity index is 872. The summed E-state index contributed by atoms with van der Waals surface area (Å²) in [6, 6.07) is 4.75. The highest BCUT2D eigenvalue weighted by Crippen LogP contribution is 2.43. The third-order valence-corrected chi connectivity index (χ3v) is 4.41. The van der Waals surface area contributed by atoms with Crippen molar-refractivity contribution in [2.75, 3.05) is 13.1 Å². The predicted molar refractivity (Wildman–Crippen MR) is 89.8 cm³/mol. The SMILES string of the molecule is CCN(CC(=O)O)C(=O)c1cnn(-c2cccc(C(F)(F)F)c2)c1C1CC1. The molecule has 27 heavy (non-hydrogen) atoms. The van der Waals surface area contributed by atoms with Gasteiger partial charge >= 0.3 is 12.1 Å². The number of carbonyl (C=O) groups excluding carboxylic acids is 1. The van der Waals surface area contributed by atoms with Crippen LogP contribution in [0.15, 0.2) is 30.5 Å². The summed E-state index contributed by atoms with van der Waals surface area (Å²) in [5.74, 6) is -1.60. The molecule has 144 valence electrons. The maximum atomic E-state index is 13.0. The summed E-state index contributed by atoms with van der Waals surface area (Å²) in [6.45, 7) is 1.41. The highest BCUT2D eigenvalue weighted by Gasteiger charge is 2.35. The quantitative estimate of drug-likeness (QED) is 0.833. The minimum Gasteiger partial charge on any atom is -0.480 e. The highest BCUT2D eigenvalue weighted by atomic mass is 19.4. The van der Waals surface area contributed by atoms with E-state index >= 15 is 0 Å². The van der Waals surface area contributed by atoms with Gasteiger partial charge in [-0.1, -0.05) is 6.07 Å². The van der Waals surface area contributed by atoms with Gasteiger partial charge in [0.15, 0.2) is 0 Å². The number of aromatic nitrogens is 2. The fraction of sp³-hybridized carbons (Fsp3) is 0.389. The number of hydrogen-bond acceptors (Lipinski definition) is 3. The van der Waals surface area contributed by atoms with Crippen molar-refractivity contribution in [1.82, 2.24) is 14.7 Å². The van der Waals surface area contributed by atoms with Crippen LogP contribution in [0, 0.1) is 0 Å². The number of carbonyl (C=O) groups is 2. The van der Waals surface area contributed by atoms with Gasteiger partial charge in [0.05, 0.1) is 28.7 Å². The lowest BCUT2D eigenvalue weighted by Crippen LogP contribution is -2.35. The predicted octanol–water partition coefficient (Wildman–Crippen LogP) is 3.32. The molecule has 0 saturated heterocycles. The number of hydrogen-bond donors (Lipinski definition) is 1. The molecule has 2 aromatic rings. The maximum Gasteiger partial charge on any atom is 0.416 e. The number of amides is 1. The minimum atomic E-state index is -4.48. The lowest BCUT2D eigenvalue weighted by molar-refractivity contribution is -0.138. The number of carboxylic acid groups (broad SMARTS) is 1. The Kier molecular flexibility index (Phi) is 4.95. The number of likely N-dealkylation sites (N-methyl/N-ethyl adjacent to an activating group) is 1. The molecule has 0 spiro atoms. The molecular weight excluding hydrogens is 363 g/mol. The second kappa shape index (κ2) is 7.05. The normalized spacial score (nSPS) is 14.2. The molecule has 1 aromatic heterocycles. The van der Waals surface area contributed by atoms with Crippen LogP contribution >= 0.6 is 0 Å². The zero-order valence-electron chi connectivity index (χ0n) is 14.5. The summed E-state index contributed by atoms with van der Waals surface area (Å²) in [5.41, 5.74) is 0.180. The van der Waals surface area contributed by atoms with E-state index in [0.29, 0.717) is 5.69 Å². The van der Waals surface area contributed by atoms with Crippen LogP contribution in [0.1, 0.15) is 47.3 Å². The number of nitrogens with zero attached hydrogens (tertiary/aromatic N) is 3. The van der Waals surface area contributed by atoms with Crippen LogP contribution < -0.4 is 0 Å². The van der Waals surface area contributed by atoms with E-state index in [4.69, 9.17) is 5.11 Å². The van der Waals surface area contributed by atoms with E-state index in [-0.39, 0.29) is 23.7 Å². The molecule has 0 atom stereocenters. The van der Waals surface area contributed by atoms with E-state index in [2.05, 4.69) is 5.10 Å². The smallest absolute Gasteiger partial charge is 0.416 e. The van der Waals surface area contributed by atoms with Crippen molar-refractivity contribution in [2.24, 2.45) is 0 Å². The first-order valence-corrected chi connectivity index (χ1v) is 8.49. The van der Waals surface area contributed by atoms with Crippen LogP contribution in [0.2, 0.25) is 0 Å². The second-order valence-corrected chi connectivity index (χ2v) is 6.39. The Balaban J connectivity index is 2.02. The molecule has 0 unspecified atom stereocenters. The summed E-state index contributed by atoms with van der Waals surface area (Å²) in [6.07, 6.45) is -1.57. The Hall–Kier alpha value is -2.84. The molecule has 1 fully saturated rings. The second-order valence-electron chi connectivity index (χ2n) is 6.39. The average molecular weight is 381 g/mol. The lowest BCUT2D eigenvalue weighted by atomic mass is 10.1. The van der Waals surface area contributed by atoms with Gasteiger partial charge in [-0.3, -0.25) is 9.59 Å². The van der Waals surface area contributed by atoms with Gasteiger partial charge < -0.3 is 10.0 Å². The summed E-state index contributed by atoms with van der Waals surface area (Å²) in [7, 11) is 0. The third kappa shape index (κ3) is 3.96. The number of halogens is 3. The molecule has 1 aromatic carbocycles. The number of rotatable bonds is 6. The molecule has 0 aliphatic heterocycles. The number of aliphatic carboxylic acids is 1. The largest absolute Gasteiger partial charge is 0.480 e. The first-order valence-electron chi connectivity index (χ1n) is 8.49. The van der Waals surface area contributed by atoms with Crippen LogP contribution in [0.25, 0.3) is 5.69 Å². The Morgan fingerprint density at radius 2 is 2.04 bits per heavy atom. The van der Waals surface area contributed by atoms with E-state index in [1.165, 1.54) is 27.9 Å². The summed E-state index contributed by atoms with van der Waals surface area (Å²) < 4.78 is 40.4. The van der Waals surface area contributed by atoms with Gasteiger partial charge in [-0.05, 0) is 38.0 Å². The summed E-state index contributed by atoms with van der Waals surface area (Å²) in [4.78, 5) is 24.9. The molecule has 1 N–H and O–H groups in total. The third-order valence-electron chi connectivity index (χ3n) is 4.41. The van der Waals surface area contributed by atoms with E-state index in [0.717, 1.165) is 25.0 Å². The zero-order chi connectivity index (χ0) is 19.8. The van der Waals surface area contributed by atoms with Crippen LogP contribution in [-0.4, -0.2) is 44.8 Å². The van der Waals surface area contributed by atoms with Crippen molar-refractivity contribution in [3.63, 3.8) is 0 Å². The van der Waals surface area contributed by atoms with Gasteiger partial charge in [-0.25, -0.2) is 4.68 Å². The Labute approximate surface area is 153 Å². The van der Waals surface area contributed by atoms with Crippen molar-refractivity contribution in [3.8, 4) is 5.69 Å². The molecule has 1 amide bonds. The maximum absolute atomic E-state index is 13.0. The van der Waals surface area contributed by atoms with Crippen molar-refractivity contribution < 1.29 is 27.9 Å². The number of carboxylic acids is 1. The van der Waals surface area contributed by atoms with Crippen molar-refractivity contribution >= 4 is 11.9 Å². The van der Waals surface area contributed by atoms with Gasteiger partial charge in [-0.2, -0.15) is 18.3 Å². The van der Waals surface area contributed by atoms with E-state index in [1.54, 1.807) is 6.92 Å². The Morgan fingerprint density at radius 1 is 1.33 bits per heavy atom. The van der Waals surface area contributed by atoms with Gasteiger partial charge in [-0.15, -0.1) is 0 Å². The van der Waals surface area contributed by atoms with Crippen molar-refractivity contribution in [2.45, 2.75) is 31.9 Å². The molecule has 3 rings (SSSR count). The first kappa shape index (κ1) is 18.9. The monoisotopic (exact) mass is 381 g/mol. The summed E-state index contributed by atoms with van der Waals surface area (Å²) >= 11 is 0. The van der Waals surface area contributed by atoms with Gasteiger partial charge in [0.25, 0.3) is 5.91 Å². The van der Waals surface area contributed by atoms with Gasteiger partial charge in [0.1, 0.15) is 6.54 Å². The summed E-state index contributed by atoms with van der Waals surface area (Å²) in [5, 5.41) is 13.1. The molecule has 1 heterocycles. The fourth-order valence-corrected chi connectivity index (χ4v) is 2.95. The molecule has 1 aliphatic rings. The Morgan fingerprint density at radius 3 is 2.59 bits per heavy atom. The average Bonchev–Trinajstić information content (AvgIpc) is 3.36. The van der Waals surface area contributed by atoms with Crippen molar-refractivity contribution in [3.05, 3.63) is 47.3 Å². The van der Waals surface area contributed by atoms with E-state index < -0.39 is 30.2 Å². The van der Waals surface area contributed by atoms with Gasteiger partial charge in [0.2, 0.25) is 0 Å². The fourth-order valence-electron chi connectivity index (χ4n) is 2.95. The minimum absolute atomic E-state index is 0.0181. The number of alkyl halides is 3. The zero-order valence-corrected chi connectivity index (χ0v) is 14.5. The lowest BCUT2D eigenvalue weighted by Gasteiger charge is -2.19. The van der Waals surface area contributed by atoms with Crippen LogP contribution in [0.5, 0.6) is 0 Å². The van der Waals surface area contributed by atoms with Crippen LogP contribution in [-0.2, 0) is 11.0 Å². The van der Waals surface area contributed by atoms with E-state index in [1.807, 2.05) is 0 Å². The molecule has 6 nitrogen and oxygen atoms in total.